The molecule has 2 aromatic heterocycles. The topological polar surface area (TPSA) is 116 Å². The lowest BCUT2D eigenvalue weighted by Gasteiger charge is -2.32. The lowest BCUT2D eigenvalue weighted by atomic mass is 10.0. The largest absolute Gasteiger partial charge is 0.349 e. The highest BCUT2D eigenvalue weighted by atomic mass is 35.5. The molecule has 0 bridgehead atoms. The van der Waals surface area contributed by atoms with E-state index >= 15 is 0 Å². The first kappa shape index (κ1) is 25.8. The molecular formula is C28H29ClN6O3. The first-order chi connectivity index (χ1) is 18.4. The van der Waals surface area contributed by atoms with Gasteiger partial charge in [0.15, 0.2) is 0 Å². The van der Waals surface area contributed by atoms with Crippen LogP contribution in [-0.2, 0) is 11.3 Å². The fourth-order valence-electron chi connectivity index (χ4n) is 4.45. The first-order valence-corrected chi connectivity index (χ1v) is 13.1. The number of anilines is 2. The van der Waals surface area contributed by atoms with Gasteiger partial charge in [-0.2, -0.15) is 0 Å². The van der Waals surface area contributed by atoms with Crippen LogP contribution in [0.15, 0.2) is 61.1 Å². The molecule has 3 amide bonds. The van der Waals surface area contributed by atoms with E-state index in [1.807, 2.05) is 18.2 Å². The second-order valence-electron chi connectivity index (χ2n) is 9.76. The van der Waals surface area contributed by atoms with Gasteiger partial charge in [-0.25, -0.2) is 4.98 Å². The number of likely N-dealkylation sites (tertiary alicyclic amines) is 1. The van der Waals surface area contributed by atoms with Gasteiger partial charge >= 0.3 is 0 Å². The zero-order chi connectivity index (χ0) is 26.5. The summed E-state index contributed by atoms with van der Waals surface area (Å²) in [6, 6.07) is 12.6. The Bertz CT molecular complexity index is 1340. The Labute approximate surface area is 226 Å². The van der Waals surface area contributed by atoms with E-state index in [9.17, 15) is 14.4 Å². The zero-order valence-electron chi connectivity index (χ0n) is 20.8. The van der Waals surface area contributed by atoms with E-state index in [0.29, 0.717) is 22.6 Å². The smallest absolute Gasteiger partial charge is 0.255 e. The molecule has 3 N–H and O–H groups in total. The van der Waals surface area contributed by atoms with Crippen LogP contribution in [0.25, 0.3) is 0 Å². The van der Waals surface area contributed by atoms with Crippen molar-refractivity contribution in [3.8, 4) is 0 Å². The van der Waals surface area contributed by atoms with Gasteiger partial charge in [-0.05, 0) is 61.6 Å². The number of benzene rings is 1. The summed E-state index contributed by atoms with van der Waals surface area (Å²) in [5.41, 5.74) is 2.29. The number of rotatable bonds is 8. The van der Waals surface area contributed by atoms with Crippen LogP contribution in [0.5, 0.6) is 0 Å². The molecular weight excluding hydrogens is 504 g/mol. The number of carbonyl (C=O) groups excluding carboxylic acids is 3. The van der Waals surface area contributed by atoms with Crippen LogP contribution < -0.4 is 16.0 Å². The summed E-state index contributed by atoms with van der Waals surface area (Å²) in [6.45, 7) is 2.58. The minimum Gasteiger partial charge on any atom is -0.349 e. The quantitative estimate of drug-likeness (QED) is 0.402. The maximum Gasteiger partial charge on any atom is 0.255 e. The predicted molar refractivity (Wildman–Crippen MR) is 145 cm³/mol. The van der Waals surface area contributed by atoms with Gasteiger partial charge in [-0.1, -0.05) is 23.7 Å². The highest BCUT2D eigenvalue weighted by molar-refractivity contribution is 6.30. The Balaban J connectivity index is 1.13. The zero-order valence-corrected chi connectivity index (χ0v) is 21.6. The highest BCUT2D eigenvalue weighted by Gasteiger charge is 2.30. The van der Waals surface area contributed by atoms with E-state index in [1.165, 1.54) is 30.2 Å². The molecule has 1 aliphatic heterocycles. The van der Waals surface area contributed by atoms with E-state index in [1.54, 1.807) is 12.1 Å². The van der Waals surface area contributed by atoms with Crippen molar-refractivity contribution in [2.45, 2.75) is 38.3 Å². The Morgan fingerprint density at radius 1 is 0.921 bits per heavy atom. The molecule has 1 aromatic carbocycles. The number of amides is 3. The fraction of sp³-hybridized carbons (Fsp3) is 0.321. The molecule has 38 heavy (non-hydrogen) atoms. The lowest BCUT2D eigenvalue weighted by molar-refractivity contribution is -0.117. The van der Waals surface area contributed by atoms with Gasteiger partial charge in [-0.3, -0.25) is 24.3 Å². The number of hydrogen-bond donors (Lipinski definition) is 3. The number of carbonyl (C=O) groups is 3. The van der Waals surface area contributed by atoms with Crippen LogP contribution in [0.1, 0.15) is 52.0 Å². The van der Waals surface area contributed by atoms with Crippen LogP contribution in [0, 0.1) is 5.92 Å². The Morgan fingerprint density at radius 3 is 2.50 bits per heavy atom. The van der Waals surface area contributed by atoms with Crippen molar-refractivity contribution in [2.75, 3.05) is 23.7 Å². The SMILES string of the molecule is O=C(Nc1cncc(C(=O)NC2CCN(Cc3cccc(Cl)c3)CC2)c1)c1ccnc(NC(=O)C2CC2)c1. The number of nitrogens with zero attached hydrogens (tertiary/aromatic N) is 3. The number of aromatic nitrogens is 2. The van der Waals surface area contributed by atoms with Crippen molar-refractivity contribution < 1.29 is 14.4 Å². The molecule has 5 rings (SSSR count). The van der Waals surface area contributed by atoms with Crippen LogP contribution in [0.4, 0.5) is 11.5 Å². The van der Waals surface area contributed by atoms with Crippen LogP contribution in [0.3, 0.4) is 0 Å². The summed E-state index contributed by atoms with van der Waals surface area (Å²) in [5.74, 6) is -0.323. The van der Waals surface area contributed by atoms with Gasteiger partial charge in [0.2, 0.25) is 5.91 Å². The van der Waals surface area contributed by atoms with E-state index < -0.39 is 0 Å². The fourth-order valence-corrected chi connectivity index (χ4v) is 4.66. The van der Waals surface area contributed by atoms with Crippen molar-refractivity contribution in [3.63, 3.8) is 0 Å². The molecule has 1 saturated carbocycles. The summed E-state index contributed by atoms with van der Waals surface area (Å²) in [5, 5.41) is 9.34. The molecule has 3 heterocycles. The minimum absolute atomic E-state index is 0.0377. The molecule has 10 heteroatoms. The lowest BCUT2D eigenvalue weighted by Crippen LogP contribution is -2.44. The van der Waals surface area contributed by atoms with Crippen molar-refractivity contribution >= 4 is 40.8 Å². The Kier molecular flexibility index (Phi) is 7.95. The second-order valence-corrected chi connectivity index (χ2v) is 10.2. The first-order valence-electron chi connectivity index (χ1n) is 12.7. The van der Waals surface area contributed by atoms with Gasteiger partial charge in [0.1, 0.15) is 5.82 Å². The van der Waals surface area contributed by atoms with Gasteiger partial charge < -0.3 is 16.0 Å². The summed E-state index contributed by atoms with van der Waals surface area (Å²) >= 11 is 6.09. The van der Waals surface area contributed by atoms with Crippen molar-refractivity contribution in [2.24, 2.45) is 5.92 Å². The third-order valence-electron chi connectivity index (χ3n) is 6.70. The molecule has 3 aromatic rings. The van der Waals surface area contributed by atoms with Gasteiger partial charge in [0, 0.05) is 54.6 Å². The maximum absolute atomic E-state index is 12.9. The molecule has 0 atom stereocenters. The van der Waals surface area contributed by atoms with Crippen LogP contribution >= 0.6 is 11.6 Å². The average molecular weight is 533 g/mol. The molecule has 196 valence electrons. The van der Waals surface area contributed by atoms with E-state index in [-0.39, 0.29) is 29.7 Å². The average Bonchev–Trinajstić information content (AvgIpc) is 3.76. The summed E-state index contributed by atoms with van der Waals surface area (Å²) in [7, 11) is 0. The van der Waals surface area contributed by atoms with E-state index in [4.69, 9.17) is 11.6 Å². The maximum atomic E-state index is 12.9. The van der Waals surface area contributed by atoms with Crippen LogP contribution in [-0.4, -0.2) is 51.7 Å². The van der Waals surface area contributed by atoms with E-state index in [0.717, 1.165) is 50.3 Å². The van der Waals surface area contributed by atoms with E-state index in [2.05, 4.69) is 36.9 Å². The summed E-state index contributed by atoms with van der Waals surface area (Å²) < 4.78 is 0. The molecule has 1 aliphatic carbocycles. The molecule has 0 unspecified atom stereocenters. The second kappa shape index (κ2) is 11.7. The third kappa shape index (κ3) is 6.93. The Morgan fingerprint density at radius 2 is 1.74 bits per heavy atom. The number of nitrogens with one attached hydrogen (secondary N) is 3. The van der Waals surface area contributed by atoms with Gasteiger partial charge in [0.25, 0.3) is 11.8 Å². The third-order valence-corrected chi connectivity index (χ3v) is 6.93. The summed E-state index contributed by atoms with van der Waals surface area (Å²) in [4.78, 5) is 48.3. The molecule has 2 fully saturated rings. The minimum atomic E-state index is -0.388. The highest BCUT2D eigenvalue weighted by Crippen LogP contribution is 2.30. The molecule has 0 spiro atoms. The number of piperidine rings is 1. The number of hydrogen-bond acceptors (Lipinski definition) is 6. The Hall–Kier alpha value is -3.82. The van der Waals surface area contributed by atoms with Crippen LogP contribution in [0.2, 0.25) is 5.02 Å². The summed E-state index contributed by atoms with van der Waals surface area (Å²) in [6.07, 6.45) is 7.89. The van der Waals surface area contributed by atoms with Gasteiger partial charge in [-0.15, -0.1) is 0 Å². The standard InChI is InChI=1S/C28H29ClN6O3/c29-22-3-1-2-18(12-22)17-35-10-7-23(8-11-35)32-28(38)21-13-24(16-30-15-21)33-27(37)20-6-9-31-25(14-20)34-26(36)19-4-5-19/h1-3,6,9,12-16,19,23H,4-5,7-8,10-11,17H2,(H,32,38)(H,33,37)(H,31,34,36). The van der Waals surface area contributed by atoms with Gasteiger partial charge in [0.05, 0.1) is 17.4 Å². The molecule has 1 saturated heterocycles. The normalized spacial score (nSPS) is 16.0. The van der Waals surface area contributed by atoms with Crippen molar-refractivity contribution in [3.05, 3.63) is 82.8 Å². The predicted octanol–water partition coefficient (Wildman–Crippen LogP) is 4.13. The van der Waals surface area contributed by atoms with Crippen molar-refractivity contribution in [1.29, 1.82) is 0 Å². The molecule has 2 aliphatic rings. The monoisotopic (exact) mass is 532 g/mol. The molecule has 0 radical (unpaired) electrons. The number of halogens is 1. The number of pyridine rings is 2. The van der Waals surface area contributed by atoms with Crippen molar-refractivity contribution in [1.82, 2.24) is 20.2 Å². The molecule has 9 nitrogen and oxygen atoms in total.